The molecule has 0 bridgehead atoms. The maximum absolute atomic E-state index is 11.0. The van der Waals surface area contributed by atoms with Crippen molar-refractivity contribution >= 4 is 5.91 Å². The lowest BCUT2D eigenvalue weighted by atomic mass is 9.94. The lowest BCUT2D eigenvalue weighted by Gasteiger charge is -2.30. The largest absolute Gasteiger partial charge is 0.343 e. The van der Waals surface area contributed by atoms with Crippen LogP contribution in [-0.4, -0.2) is 23.9 Å². The Balaban J connectivity index is 2.38. The number of carbonyl (C=O) groups is 1. The summed E-state index contributed by atoms with van der Waals surface area (Å²) in [5.74, 6) is 0.205. The Bertz CT molecular complexity index is 138. The molecular weight excluding hydrogens is 138 g/mol. The second-order valence-corrected chi connectivity index (χ2v) is 3.42. The number of hydrogen-bond acceptors (Lipinski definition) is 1. The Morgan fingerprint density at radius 2 is 1.82 bits per heavy atom. The summed E-state index contributed by atoms with van der Waals surface area (Å²) in [7, 11) is 1.92. The van der Waals surface area contributed by atoms with Crippen LogP contribution in [0.5, 0.6) is 0 Å². The van der Waals surface area contributed by atoms with Gasteiger partial charge >= 0.3 is 0 Å². The standard InChI is InChI=1S/C9H17NO/c1-8(11)10(2)9-6-4-3-5-7-9/h9H,3-7H2,1-2H3. The van der Waals surface area contributed by atoms with E-state index in [0.29, 0.717) is 6.04 Å². The molecule has 1 saturated carbocycles. The van der Waals surface area contributed by atoms with Crippen LogP contribution in [-0.2, 0) is 4.79 Å². The van der Waals surface area contributed by atoms with Crippen molar-refractivity contribution in [2.75, 3.05) is 7.05 Å². The number of nitrogens with zero attached hydrogens (tertiary/aromatic N) is 1. The first kappa shape index (κ1) is 8.57. The number of rotatable bonds is 1. The predicted octanol–water partition coefficient (Wildman–Crippen LogP) is 1.80. The average molecular weight is 155 g/mol. The quantitative estimate of drug-likeness (QED) is 0.565. The first-order valence-electron chi connectivity index (χ1n) is 4.45. The Morgan fingerprint density at radius 3 is 2.27 bits per heavy atom. The summed E-state index contributed by atoms with van der Waals surface area (Å²) >= 11 is 0. The molecule has 64 valence electrons. The summed E-state index contributed by atoms with van der Waals surface area (Å²) in [4.78, 5) is 12.9. The Kier molecular flexibility index (Phi) is 2.92. The van der Waals surface area contributed by atoms with Crippen molar-refractivity contribution in [2.24, 2.45) is 0 Å². The smallest absolute Gasteiger partial charge is 0.219 e. The zero-order valence-electron chi connectivity index (χ0n) is 7.47. The second kappa shape index (κ2) is 3.74. The van der Waals surface area contributed by atoms with E-state index in [1.807, 2.05) is 11.9 Å². The van der Waals surface area contributed by atoms with Gasteiger partial charge in [-0.2, -0.15) is 0 Å². The van der Waals surface area contributed by atoms with Gasteiger partial charge in [-0.3, -0.25) is 4.79 Å². The minimum Gasteiger partial charge on any atom is -0.343 e. The van der Waals surface area contributed by atoms with Crippen molar-refractivity contribution in [1.29, 1.82) is 0 Å². The zero-order valence-corrected chi connectivity index (χ0v) is 7.47. The highest BCUT2D eigenvalue weighted by Gasteiger charge is 2.18. The summed E-state index contributed by atoms with van der Waals surface area (Å²) in [5.41, 5.74) is 0. The molecule has 0 atom stereocenters. The molecule has 1 rings (SSSR count). The molecule has 0 spiro atoms. The summed E-state index contributed by atoms with van der Waals surface area (Å²) in [6.45, 7) is 1.65. The van der Waals surface area contributed by atoms with Crippen LogP contribution in [0, 0.1) is 0 Å². The van der Waals surface area contributed by atoms with E-state index in [-0.39, 0.29) is 5.91 Å². The van der Waals surface area contributed by atoms with Gasteiger partial charge in [-0.25, -0.2) is 0 Å². The molecule has 1 amide bonds. The third-order valence-corrected chi connectivity index (χ3v) is 2.62. The van der Waals surface area contributed by atoms with Crippen LogP contribution in [0.1, 0.15) is 39.0 Å². The first-order chi connectivity index (χ1) is 5.22. The molecule has 1 fully saturated rings. The maximum atomic E-state index is 11.0. The van der Waals surface area contributed by atoms with Gasteiger partial charge in [-0.1, -0.05) is 19.3 Å². The van der Waals surface area contributed by atoms with Gasteiger partial charge in [0, 0.05) is 20.0 Å². The van der Waals surface area contributed by atoms with E-state index < -0.39 is 0 Å². The van der Waals surface area contributed by atoms with Crippen LogP contribution in [0.25, 0.3) is 0 Å². The minimum absolute atomic E-state index is 0.205. The van der Waals surface area contributed by atoms with E-state index in [4.69, 9.17) is 0 Å². The molecule has 0 radical (unpaired) electrons. The third kappa shape index (κ3) is 2.21. The second-order valence-electron chi connectivity index (χ2n) is 3.42. The average Bonchev–Trinajstić information content (AvgIpc) is 2.05. The van der Waals surface area contributed by atoms with Gasteiger partial charge in [0.1, 0.15) is 0 Å². The molecule has 2 heteroatoms. The van der Waals surface area contributed by atoms with Gasteiger partial charge in [0.15, 0.2) is 0 Å². The lowest BCUT2D eigenvalue weighted by Crippen LogP contribution is -2.36. The van der Waals surface area contributed by atoms with E-state index in [0.717, 1.165) is 0 Å². The fraction of sp³-hybridized carbons (Fsp3) is 0.889. The highest BCUT2D eigenvalue weighted by molar-refractivity contribution is 5.73. The van der Waals surface area contributed by atoms with Crippen LogP contribution < -0.4 is 0 Å². The van der Waals surface area contributed by atoms with Gasteiger partial charge < -0.3 is 4.90 Å². The molecule has 0 aliphatic heterocycles. The Labute approximate surface area is 68.6 Å². The topological polar surface area (TPSA) is 20.3 Å². The van der Waals surface area contributed by atoms with Crippen molar-refractivity contribution in [3.8, 4) is 0 Å². The van der Waals surface area contributed by atoms with Crippen LogP contribution >= 0.6 is 0 Å². The molecule has 0 aromatic heterocycles. The Hall–Kier alpha value is -0.530. The predicted molar refractivity (Wildman–Crippen MR) is 45.3 cm³/mol. The fourth-order valence-electron chi connectivity index (χ4n) is 1.73. The van der Waals surface area contributed by atoms with Crippen molar-refractivity contribution in [3.05, 3.63) is 0 Å². The minimum atomic E-state index is 0.205. The van der Waals surface area contributed by atoms with Gasteiger partial charge in [0.2, 0.25) is 5.91 Å². The summed E-state index contributed by atoms with van der Waals surface area (Å²) < 4.78 is 0. The van der Waals surface area contributed by atoms with Crippen molar-refractivity contribution in [2.45, 2.75) is 45.1 Å². The highest BCUT2D eigenvalue weighted by Crippen LogP contribution is 2.21. The fourth-order valence-corrected chi connectivity index (χ4v) is 1.73. The molecule has 1 aliphatic rings. The number of amides is 1. The SMILES string of the molecule is CC(=O)N(C)C1CCCCC1. The monoisotopic (exact) mass is 155 g/mol. The zero-order chi connectivity index (χ0) is 8.27. The molecule has 11 heavy (non-hydrogen) atoms. The van der Waals surface area contributed by atoms with E-state index in [1.165, 1.54) is 32.1 Å². The van der Waals surface area contributed by atoms with Gasteiger partial charge in [-0.05, 0) is 12.8 Å². The molecular formula is C9H17NO. The molecule has 2 nitrogen and oxygen atoms in total. The van der Waals surface area contributed by atoms with Crippen LogP contribution in [0.15, 0.2) is 0 Å². The van der Waals surface area contributed by atoms with Crippen molar-refractivity contribution < 1.29 is 4.79 Å². The van der Waals surface area contributed by atoms with E-state index >= 15 is 0 Å². The molecule has 0 N–H and O–H groups in total. The maximum Gasteiger partial charge on any atom is 0.219 e. The molecule has 0 saturated heterocycles. The van der Waals surface area contributed by atoms with E-state index in [2.05, 4.69) is 0 Å². The van der Waals surface area contributed by atoms with Gasteiger partial charge in [0.25, 0.3) is 0 Å². The Morgan fingerprint density at radius 1 is 1.27 bits per heavy atom. The third-order valence-electron chi connectivity index (χ3n) is 2.62. The molecule has 0 unspecified atom stereocenters. The number of carbonyl (C=O) groups excluding carboxylic acids is 1. The molecule has 1 aliphatic carbocycles. The van der Waals surface area contributed by atoms with Crippen LogP contribution in [0.4, 0.5) is 0 Å². The first-order valence-corrected chi connectivity index (χ1v) is 4.45. The van der Waals surface area contributed by atoms with Gasteiger partial charge in [-0.15, -0.1) is 0 Å². The normalized spacial score (nSPS) is 19.8. The molecule has 0 heterocycles. The van der Waals surface area contributed by atoms with Crippen molar-refractivity contribution in [1.82, 2.24) is 4.90 Å². The lowest BCUT2D eigenvalue weighted by molar-refractivity contribution is -0.130. The summed E-state index contributed by atoms with van der Waals surface area (Å²) in [5, 5.41) is 0. The van der Waals surface area contributed by atoms with Crippen molar-refractivity contribution in [3.63, 3.8) is 0 Å². The summed E-state index contributed by atoms with van der Waals surface area (Å²) in [6.07, 6.45) is 6.35. The van der Waals surface area contributed by atoms with E-state index in [9.17, 15) is 4.79 Å². The van der Waals surface area contributed by atoms with Crippen LogP contribution in [0.2, 0.25) is 0 Å². The van der Waals surface area contributed by atoms with Crippen LogP contribution in [0.3, 0.4) is 0 Å². The van der Waals surface area contributed by atoms with E-state index in [1.54, 1.807) is 6.92 Å². The number of hydrogen-bond donors (Lipinski definition) is 0. The summed E-state index contributed by atoms with van der Waals surface area (Å²) in [6, 6.07) is 0.529. The molecule has 0 aromatic carbocycles. The van der Waals surface area contributed by atoms with Gasteiger partial charge in [0.05, 0.1) is 0 Å². The molecule has 0 aromatic rings. The highest BCUT2D eigenvalue weighted by atomic mass is 16.2.